The number of hydrogen-bond acceptors (Lipinski definition) is 5. The average molecular weight is 472 g/mol. The molecule has 1 unspecified atom stereocenters. The van der Waals surface area contributed by atoms with Gasteiger partial charge in [0, 0.05) is 11.1 Å². The molecule has 1 aliphatic heterocycles. The van der Waals surface area contributed by atoms with Crippen LogP contribution in [0, 0.1) is 11.6 Å². The molecule has 0 radical (unpaired) electrons. The molecule has 2 N–H and O–H groups in total. The highest BCUT2D eigenvalue weighted by Crippen LogP contribution is 2.44. The number of amides is 1. The smallest absolute Gasteiger partial charge is 0.300 e. The Hall–Kier alpha value is -3.91. The van der Waals surface area contributed by atoms with Gasteiger partial charge in [-0.15, -0.1) is 0 Å². The molecule has 1 heterocycles. The molecule has 0 bridgehead atoms. The zero-order valence-corrected chi connectivity index (χ0v) is 17.8. The zero-order valence-electron chi connectivity index (χ0n) is 17.1. The molecule has 0 spiro atoms. The van der Waals surface area contributed by atoms with E-state index in [4.69, 9.17) is 16.3 Å². The number of ether oxygens (including phenoxy) is 1. The van der Waals surface area contributed by atoms with Crippen molar-refractivity contribution in [2.24, 2.45) is 0 Å². The average Bonchev–Trinajstić information content (AvgIpc) is 3.04. The summed E-state index contributed by atoms with van der Waals surface area (Å²) in [6.07, 6.45) is 0. The number of benzene rings is 3. The maximum Gasteiger partial charge on any atom is 0.300 e. The molecular weight excluding hydrogens is 456 g/mol. The third-order valence-corrected chi connectivity index (χ3v) is 5.47. The number of methoxy groups -OCH3 is 1. The fourth-order valence-corrected chi connectivity index (χ4v) is 3.91. The number of halogens is 3. The van der Waals surface area contributed by atoms with Gasteiger partial charge in [-0.1, -0.05) is 23.7 Å². The number of carbonyl (C=O) groups is 2. The van der Waals surface area contributed by atoms with Crippen molar-refractivity contribution in [3.8, 4) is 11.5 Å². The van der Waals surface area contributed by atoms with E-state index < -0.39 is 35.1 Å². The van der Waals surface area contributed by atoms with Crippen LogP contribution < -0.4 is 9.64 Å². The van der Waals surface area contributed by atoms with Crippen molar-refractivity contribution < 1.29 is 33.3 Å². The summed E-state index contributed by atoms with van der Waals surface area (Å²) in [7, 11) is 1.35. The van der Waals surface area contributed by atoms with Gasteiger partial charge in [0.15, 0.2) is 0 Å². The van der Waals surface area contributed by atoms with Crippen LogP contribution in [0.25, 0.3) is 5.76 Å². The maximum atomic E-state index is 14.7. The minimum absolute atomic E-state index is 0.0476. The second-order valence-corrected chi connectivity index (χ2v) is 7.64. The largest absolute Gasteiger partial charge is 0.508 e. The molecule has 3 aromatic carbocycles. The molecule has 0 saturated carbocycles. The van der Waals surface area contributed by atoms with Crippen molar-refractivity contribution in [3.63, 3.8) is 0 Å². The van der Waals surface area contributed by atoms with Crippen LogP contribution in [0.3, 0.4) is 0 Å². The molecule has 33 heavy (non-hydrogen) atoms. The topological polar surface area (TPSA) is 87.1 Å². The second kappa shape index (κ2) is 8.55. The van der Waals surface area contributed by atoms with Gasteiger partial charge in [-0.3, -0.25) is 14.5 Å². The predicted octanol–water partition coefficient (Wildman–Crippen LogP) is 4.96. The number of rotatable bonds is 4. The standard InChI is InChI=1S/C24H16ClF2NO5/c1-33-19-9-4-13(25)10-16(19)22(30)20-21(12-2-6-15(29)7-3-12)28(24(32)23(20)31)18-8-5-14(26)11-17(18)27/h2-11,21,29-30H,1H3/b22-20+. The fraction of sp³-hybridized carbons (Fsp3) is 0.0833. The second-order valence-electron chi connectivity index (χ2n) is 7.20. The van der Waals surface area contributed by atoms with Crippen LogP contribution in [0.4, 0.5) is 14.5 Å². The SMILES string of the molecule is COc1ccc(Cl)cc1/C(O)=C1\C(=O)C(=O)N(c2ccc(F)cc2F)C1c1ccc(O)cc1. The van der Waals surface area contributed by atoms with Gasteiger partial charge in [0.1, 0.15) is 28.9 Å². The van der Waals surface area contributed by atoms with Crippen molar-refractivity contribution in [3.05, 3.63) is 94.0 Å². The highest BCUT2D eigenvalue weighted by molar-refractivity contribution is 6.51. The van der Waals surface area contributed by atoms with Crippen LogP contribution in [0.15, 0.2) is 66.2 Å². The van der Waals surface area contributed by atoms with E-state index in [2.05, 4.69) is 0 Å². The molecule has 1 fully saturated rings. The van der Waals surface area contributed by atoms with E-state index in [0.717, 1.165) is 17.0 Å². The lowest BCUT2D eigenvalue weighted by atomic mass is 9.94. The Bertz CT molecular complexity index is 1310. The van der Waals surface area contributed by atoms with Crippen LogP contribution in [-0.4, -0.2) is 29.0 Å². The fourth-order valence-electron chi connectivity index (χ4n) is 3.74. The Balaban J connectivity index is 2.00. The number of carbonyl (C=O) groups excluding carboxylic acids is 2. The Labute approximate surface area is 191 Å². The first-order chi connectivity index (χ1) is 15.7. The molecule has 1 saturated heterocycles. The van der Waals surface area contributed by atoms with Gasteiger partial charge < -0.3 is 14.9 Å². The van der Waals surface area contributed by atoms with Crippen LogP contribution in [0.2, 0.25) is 5.02 Å². The zero-order chi connectivity index (χ0) is 23.9. The quantitative estimate of drug-likeness (QED) is 0.319. The summed E-state index contributed by atoms with van der Waals surface area (Å²) in [5.74, 6) is -4.63. The van der Waals surface area contributed by atoms with Gasteiger partial charge in [0.25, 0.3) is 11.7 Å². The number of aromatic hydroxyl groups is 1. The number of aliphatic hydroxyl groups is 1. The number of nitrogens with zero attached hydrogens (tertiary/aromatic N) is 1. The maximum absolute atomic E-state index is 14.7. The van der Waals surface area contributed by atoms with E-state index in [1.54, 1.807) is 0 Å². The van der Waals surface area contributed by atoms with Crippen molar-refractivity contribution >= 4 is 34.7 Å². The van der Waals surface area contributed by atoms with Crippen molar-refractivity contribution in [2.45, 2.75) is 6.04 Å². The van der Waals surface area contributed by atoms with Crippen molar-refractivity contribution in [2.75, 3.05) is 12.0 Å². The molecular formula is C24H16ClF2NO5. The van der Waals surface area contributed by atoms with Crippen LogP contribution in [0.1, 0.15) is 17.2 Å². The molecule has 6 nitrogen and oxygen atoms in total. The highest BCUT2D eigenvalue weighted by atomic mass is 35.5. The monoisotopic (exact) mass is 471 g/mol. The van der Waals surface area contributed by atoms with Crippen molar-refractivity contribution in [1.82, 2.24) is 0 Å². The van der Waals surface area contributed by atoms with Crippen LogP contribution in [0.5, 0.6) is 11.5 Å². The molecule has 4 rings (SSSR count). The van der Waals surface area contributed by atoms with E-state index in [0.29, 0.717) is 11.6 Å². The number of anilines is 1. The first-order valence-electron chi connectivity index (χ1n) is 9.61. The first kappa shape index (κ1) is 22.3. The van der Waals surface area contributed by atoms with E-state index in [-0.39, 0.29) is 33.3 Å². The lowest BCUT2D eigenvalue weighted by Crippen LogP contribution is -2.30. The summed E-state index contributed by atoms with van der Waals surface area (Å²) in [4.78, 5) is 27.0. The van der Waals surface area contributed by atoms with Gasteiger partial charge in [-0.25, -0.2) is 8.78 Å². The summed E-state index contributed by atoms with van der Waals surface area (Å²) >= 11 is 6.06. The minimum atomic E-state index is -1.28. The normalized spacial score (nSPS) is 17.5. The Kier molecular flexibility index (Phi) is 5.78. The molecule has 1 amide bonds. The van der Waals surface area contributed by atoms with Gasteiger partial charge >= 0.3 is 0 Å². The minimum Gasteiger partial charge on any atom is -0.508 e. The molecule has 3 aromatic rings. The molecule has 168 valence electrons. The van der Waals surface area contributed by atoms with Crippen LogP contribution in [-0.2, 0) is 9.59 Å². The summed E-state index contributed by atoms with van der Waals surface area (Å²) in [6.45, 7) is 0. The number of Topliss-reactive ketones (excluding diaryl/α,β-unsaturated/α-hetero) is 1. The van der Waals surface area contributed by atoms with E-state index >= 15 is 0 Å². The molecule has 1 atom stereocenters. The lowest BCUT2D eigenvalue weighted by molar-refractivity contribution is -0.132. The van der Waals surface area contributed by atoms with Gasteiger partial charge in [-0.2, -0.15) is 0 Å². The Morgan fingerprint density at radius 2 is 1.73 bits per heavy atom. The molecule has 1 aliphatic rings. The molecule has 0 aromatic heterocycles. The first-order valence-corrected chi connectivity index (χ1v) is 9.99. The number of phenolic OH excluding ortho intramolecular Hbond substituents is 1. The van der Waals surface area contributed by atoms with Gasteiger partial charge in [0.05, 0.1) is 30.0 Å². The third-order valence-electron chi connectivity index (χ3n) is 5.24. The van der Waals surface area contributed by atoms with E-state index in [1.165, 1.54) is 49.6 Å². The summed E-state index contributed by atoms with van der Waals surface area (Å²) in [5, 5.41) is 21.1. The van der Waals surface area contributed by atoms with E-state index in [1.807, 2.05) is 0 Å². The highest BCUT2D eigenvalue weighted by Gasteiger charge is 2.48. The number of phenols is 1. The molecule has 0 aliphatic carbocycles. The molecule has 9 heteroatoms. The van der Waals surface area contributed by atoms with E-state index in [9.17, 15) is 28.6 Å². The third kappa shape index (κ3) is 3.89. The Morgan fingerprint density at radius 3 is 2.36 bits per heavy atom. The van der Waals surface area contributed by atoms with Gasteiger partial charge in [-0.05, 0) is 48.0 Å². The Morgan fingerprint density at radius 1 is 1.03 bits per heavy atom. The lowest BCUT2D eigenvalue weighted by Gasteiger charge is -2.26. The van der Waals surface area contributed by atoms with Gasteiger partial charge in [0.2, 0.25) is 0 Å². The summed E-state index contributed by atoms with van der Waals surface area (Å²) in [6, 6.07) is 11.1. The number of ketones is 1. The van der Waals surface area contributed by atoms with Crippen LogP contribution >= 0.6 is 11.6 Å². The summed E-state index contributed by atoms with van der Waals surface area (Å²) in [5.41, 5.74) is -0.367. The predicted molar refractivity (Wildman–Crippen MR) is 117 cm³/mol. The number of hydrogen-bond donors (Lipinski definition) is 2. The van der Waals surface area contributed by atoms with Crippen molar-refractivity contribution in [1.29, 1.82) is 0 Å². The summed E-state index contributed by atoms with van der Waals surface area (Å²) < 4.78 is 33.4. The number of aliphatic hydroxyl groups excluding tert-OH is 1.